The molecule has 0 heterocycles. The third kappa shape index (κ3) is 4.49. The third-order valence-corrected chi connectivity index (χ3v) is 5.48. The Morgan fingerprint density at radius 1 is 1.36 bits per heavy atom. The molecule has 4 nitrogen and oxygen atoms in total. The standard InChI is InChI=1S/C15H18F2N2O2S/c1-11(2-3-12-4-5-13(16)14(17)8-12)19-22(20,21)10-15(9-18)6-7-15/h4-5,8,11,19H,2-3,6-7,10H2,1H3. The predicted molar refractivity (Wildman–Crippen MR) is 78.3 cm³/mol. The van der Waals surface area contributed by atoms with Crippen LogP contribution in [0.25, 0.3) is 0 Å². The zero-order chi connectivity index (χ0) is 16.4. The average molecular weight is 328 g/mol. The van der Waals surface area contributed by atoms with E-state index in [1.807, 2.05) is 0 Å². The van der Waals surface area contributed by atoms with Gasteiger partial charge in [0.05, 0.1) is 17.2 Å². The topological polar surface area (TPSA) is 70.0 Å². The summed E-state index contributed by atoms with van der Waals surface area (Å²) in [5, 5.41) is 8.95. The van der Waals surface area contributed by atoms with Crippen molar-refractivity contribution < 1.29 is 17.2 Å². The van der Waals surface area contributed by atoms with Crippen LogP contribution in [0.5, 0.6) is 0 Å². The first-order valence-corrected chi connectivity index (χ1v) is 8.76. The highest BCUT2D eigenvalue weighted by molar-refractivity contribution is 7.89. The van der Waals surface area contributed by atoms with Crippen molar-refractivity contribution in [1.82, 2.24) is 4.72 Å². The summed E-state index contributed by atoms with van der Waals surface area (Å²) in [5.41, 5.74) is -0.105. The molecule has 0 aliphatic heterocycles. The minimum absolute atomic E-state index is 0.175. The molecule has 1 unspecified atom stereocenters. The molecule has 1 atom stereocenters. The van der Waals surface area contributed by atoms with Crippen LogP contribution in [0.15, 0.2) is 18.2 Å². The van der Waals surface area contributed by atoms with Crippen LogP contribution in [-0.4, -0.2) is 20.2 Å². The zero-order valence-electron chi connectivity index (χ0n) is 12.3. The summed E-state index contributed by atoms with van der Waals surface area (Å²) in [4.78, 5) is 0. The molecule has 120 valence electrons. The molecular formula is C15H18F2N2O2S. The van der Waals surface area contributed by atoms with Crippen LogP contribution in [0.2, 0.25) is 0 Å². The van der Waals surface area contributed by atoms with E-state index in [-0.39, 0.29) is 11.8 Å². The number of aryl methyl sites for hydroxylation is 1. The largest absolute Gasteiger partial charge is 0.213 e. The van der Waals surface area contributed by atoms with Gasteiger partial charge in [0, 0.05) is 6.04 Å². The van der Waals surface area contributed by atoms with E-state index in [1.54, 1.807) is 6.92 Å². The number of sulfonamides is 1. The fourth-order valence-corrected chi connectivity index (χ4v) is 4.18. The van der Waals surface area contributed by atoms with E-state index in [2.05, 4.69) is 10.8 Å². The zero-order valence-corrected chi connectivity index (χ0v) is 13.1. The second-order valence-electron chi connectivity index (χ2n) is 5.96. The molecule has 1 saturated carbocycles. The number of hydrogen-bond donors (Lipinski definition) is 1. The first-order chi connectivity index (χ1) is 10.3. The third-order valence-electron chi connectivity index (χ3n) is 3.79. The van der Waals surface area contributed by atoms with E-state index < -0.39 is 27.1 Å². The molecule has 0 spiro atoms. The summed E-state index contributed by atoms with van der Waals surface area (Å²) in [6, 6.07) is 5.37. The molecule has 0 aromatic heterocycles. The smallest absolute Gasteiger partial charge is 0.212 e. The molecule has 1 aliphatic rings. The van der Waals surface area contributed by atoms with E-state index >= 15 is 0 Å². The fourth-order valence-electron chi connectivity index (χ4n) is 2.29. The van der Waals surface area contributed by atoms with Crippen LogP contribution in [0, 0.1) is 28.4 Å². The van der Waals surface area contributed by atoms with Gasteiger partial charge in [-0.3, -0.25) is 0 Å². The monoisotopic (exact) mass is 328 g/mol. The lowest BCUT2D eigenvalue weighted by Gasteiger charge is -2.15. The maximum absolute atomic E-state index is 13.1. The summed E-state index contributed by atoms with van der Waals surface area (Å²) in [7, 11) is -3.51. The van der Waals surface area contributed by atoms with Gasteiger partial charge in [-0.1, -0.05) is 6.07 Å². The fraction of sp³-hybridized carbons (Fsp3) is 0.533. The summed E-state index contributed by atoms with van der Waals surface area (Å²) in [5.74, 6) is -1.98. The van der Waals surface area contributed by atoms with Crippen LogP contribution in [0.1, 0.15) is 31.7 Å². The highest BCUT2D eigenvalue weighted by atomic mass is 32.2. The Morgan fingerprint density at radius 2 is 2.05 bits per heavy atom. The minimum Gasteiger partial charge on any atom is -0.212 e. The second-order valence-corrected chi connectivity index (χ2v) is 7.71. The SMILES string of the molecule is CC(CCc1ccc(F)c(F)c1)NS(=O)(=O)CC1(C#N)CC1. The number of nitrogens with one attached hydrogen (secondary N) is 1. The Balaban J connectivity index is 1.86. The molecule has 7 heteroatoms. The molecule has 1 N–H and O–H groups in total. The number of benzene rings is 1. The number of nitriles is 1. The number of halogens is 2. The van der Waals surface area contributed by atoms with Crippen molar-refractivity contribution in [1.29, 1.82) is 5.26 Å². The Hall–Kier alpha value is -1.52. The highest BCUT2D eigenvalue weighted by Crippen LogP contribution is 2.45. The molecule has 1 aromatic carbocycles. The summed E-state index contributed by atoms with van der Waals surface area (Å²) < 4.78 is 52.4. The number of nitrogens with zero attached hydrogens (tertiary/aromatic N) is 1. The Kier molecular flexibility index (Phi) is 4.83. The number of hydrogen-bond acceptors (Lipinski definition) is 3. The Labute approximate surface area is 129 Å². The van der Waals surface area contributed by atoms with Crippen molar-refractivity contribution in [3.63, 3.8) is 0 Å². The predicted octanol–water partition coefficient (Wildman–Crippen LogP) is 2.51. The van der Waals surface area contributed by atoms with E-state index in [9.17, 15) is 17.2 Å². The molecule has 0 bridgehead atoms. The van der Waals surface area contributed by atoms with Crippen molar-refractivity contribution in [3.05, 3.63) is 35.4 Å². The van der Waals surface area contributed by atoms with Gasteiger partial charge in [-0.2, -0.15) is 5.26 Å². The molecule has 22 heavy (non-hydrogen) atoms. The average Bonchev–Trinajstić information content (AvgIpc) is 3.19. The van der Waals surface area contributed by atoms with E-state index in [1.165, 1.54) is 6.07 Å². The van der Waals surface area contributed by atoms with Crippen molar-refractivity contribution >= 4 is 10.0 Å². The lowest BCUT2D eigenvalue weighted by molar-refractivity contribution is 0.505. The van der Waals surface area contributed by atoms with Gasteiger partial charge in [0.1, 0.15) is 0 Å². The Morgan fingerprint density at radius 3 is 2.59 bits per heavy atom. The van der Waals surface area contributed by atoms with Crippen molar-refractivity contribution in [2.45, 2.75) is 38.6 Å². The van der Waals surface area contributed by atoms with Crippen molar-refractivity contribution in [2.75, 3.05) is 5.75 Å². The van der Waals surface area contributed by atoms with E-state index in [4.69, 9.17) is 5.26 Å². The van der Waals surface area contributed by atoms with Crippen LogP contribution >= 0.6 is 0 Å². The molecule has 1 aromatic rings. The molecule has 0 amide bonds. The molecule has 0 radical (unpaired) electrons. The quantitative estimate of drug-likeness (QED) is 0.836. The summed E-state index contributed by atoms with van der Waals surface area (Å²) >= 11 is 0. The van der Waals surface area contributed by atoms with Crippen LogP contribution in [-0.2, 0) is 16.4 Å². The van der Waals surface area contributed by atoms with Gasteiger partial charge in [-0.05, 0) is 50.3 Å². The lowest BCUT2D eigenvalue weighted by atomic mass is 10.1. The maximum Gasteiger partial charge on any atom is 0.213 e. The van der Waals surface area contributed by atoms with Gasteiger partial charge in [0.2, 0.25) is 10.0 Å². The van der Waals surface area contributed by atoms with Gasteiger partial charge in [0.15, 0.2) is 11.6 Å². The molecular weight excluding hydrogens is 310 g/mol. The summed E-state index contributed by atoms with van der Waals surface area (Å²) in [6.07, 6.45) is 2.13. The summed E-state index contributed by atoms with van der Waals surface area (Å²) in [6.45, 7) is 1.71. The van der Waals surface area contributed by atoms with Gasteiger partial charge in [-0.25, -0.2) is 21.9 Å². The first kappa shape index (κ1) is 16.8. The maximum atomic E-state index is 13.1. The minimum atomic E-state index is -3.51. The van der Waals surface area contributed by atoms with E-state index in [0.717, 1.165) is 12.1 Å². The number of rotatable bonds is 7. The van der Waals surface area contributed by atoms with Gasteiger partial charge in [0.25, 0.3) is 0 Å². The lowest BCUT2D eigenvalue weighted by Crippen LogP contribution is -2.36. The van der Waals surface area contributed by atoms with Gasteiger partial charge in [-0.15, -0.1) is 0 Å². The molecule has 2 rings (SSSR count). The Bertz CT molecular complexity index is 694. The highest BCUT2D eigenvalue weighted by Gasteiger charge is 2.47. The van der Waals surface area contributed by atoms with Crippen LogP contribution in [0.4, 0.5) is 8.78 Å². The van der Waals surface area contributed by atoms with Crippen molar-refractivity contribution in [3.8, 4) is 6.07 Å². The van der Waals surface area contributed by atoms with Crippen molar-refractivity contribution in [2.24, 2.45) is 5.41 Å². The van der Waals surface area contributed by atoms with E-state index in [0.29, 0.717) is 31.2 Å². The second kappa shape index (κ2) is 6.31. The van der Waals surface area contributed by atoms with Crippen LogP contribution in [0.3, 0.4) is 0 Å². The van der Waals surface area contributed by atoms with Gasteiger partial charge < -0.3 is 0 Å². The molecule has 0 saturated heterocycles. The first-order valence-electron chi connectivity index (χ1n) is 7.10. The molecule has 1 fully saturated rings. The normalized spacial score (nSPS) is 17.7. The van der Waals surface area contributed by atoms with Crippen LogP contribution < -0.4 is 4.72 Å². The molecule has 1 aliphatic carbocycles. The van der Waals surface area contributed by atoms with Gasteiger partial charge >= 0.3 is 0 Å².